The van der Waals surface area contributed by atoms with Gasteiger partial charge in [-0.25, -0.2) is 19.7 Å². The van der Waals surface area contributed by atoms with Crippen LogP contribution in [-0.2, 0) is 10.9 Å². The molecule has 0 unspecified atom stereocenters. The fraction of sp³-hybridized carbons (Fsp3) is 0.435. The Labute approximate surface area is 199 Å². The van der Waals surface area contributed by atoms with Crippen molar-refractivity contribution in [3.8, 4) is 17.3 Å². The van der Waals surface area contributed by atoms with E-state index < -0.39 is 23.4 Å². The number of fused-ring (bicyclic) bond motifs is 1. The predicted molar refractivity (Wildman–Crippen MR) is 121 cm³/mol. The lowest BCUT2D eigenvalue weighted by atomic mass is 10.1. The van der Waals surface area contributed by atoms with E-state index in [-0.39, 0.29) is 34.6 Å². The summed E-state index contributed by atoms with van der Waals surface area (Å²) >= 11 is 0. The standard InChI is InChI=1S/C23H24F3N7O2/c1-22(2,3)35-21(34)33-8-4-5-14(12-33)31-20-29-11-17(23(24,25)26)18(32-20)16-10-28-19-15(16)7-6-13(9-27)30-19/h6-7,10-11,14H,4-5,8,12H2,1-3H3,(H,28,30)(H,29,31,32)/t14-/m0/s1. The average molecular weight is 487 g/mol. The molecule has 1 amide bonds. The van der Waals surface area contributed by atoms with E-state index in [9.17, 15) is 18.0 Å². The molecule has 1 aliphatic rings. The number of amides is 1. The number of H-pyrrole nitrogens is 1. The van der Waals surface area contributed by atoms with Gasteiger partial charge in [-0.1, -0.05) is 0 Å². The first kappa shape index (κ1) is 24.3. The van der Waals surface area contributed by atoms with Gasteiger partial charge in [0.1, 0.15) is 28.6 Å². The Kier molecular flexibility index (Phi) is 6.27. The monoisotopic (exact) mass is 487 g/mol. The summed E-state index contributed by atoms with van der Waals surface area (Å²) in [5, 5.41) is 12.5. The van der Waals surface area contributed by atoms with Crippen LogP contribution in [0.4, 0.5) is 23.9 Å². The SMILES string of the molecule is CC(C)(C)OC(=O)N1CCC[C@H](Nc2ncc(C(F)(F)F)c(-c3c[nH]c4nc(C#N)ccc34)n2)C1. The van der Waals surface area contributed by atoms with E-state index >= 15 is 0 Å². The lowest BCUT2D eigenvalue weighted by molar-refractivity contribution is -0.137. The van der Waals surface area contributed by atoms with Crippen LogP contribution in [0.15, 0.2) is 24.5 Å². The minimum atomic E-state index is -4.68. The van der Waals surface area contributed by atoms with Crippen LogP contribution in [0.2, 0.25) is 0 Å². The fourth-order valence-corrected chi connectivity index (χ4v) is 3.90. The lowest BCUT2D eigenvalue weighted by Crippen LogP contribution is -2.47. The highest BCUT2D eigenvalue weighted by atomic mass is 19.4. The van der Waals surface area contributed by atoms with Crippen molar-refractivity contribution in [2.75, 3.05) is 18.4 Å². The Morgan fingerprint density at radius 2 is 2.06 bits per heavy atom. The number of likely N-dealkylation sites (tertiary alicyclic amines) is 1. The van der Waals surface area contributed by atoms with Crippen molar-refractivity contribution in [1.29, 1.82) is 5.26 Å². The van der Waals surface area contributed by atoms with Gasteiger partial charge in [0.05, 0.1) is 5.69 Å². The molecule has 0 spiro atoms. The zero-order chi connectivity index (χ0) is 25.4. The van der Waals surface area contributed by atoms with Crippen LogP contribution in [-0.4, -0.2) is 55.7 Å². The zero-order valence-corrected chi connectivity index (χ0v) is 19.4. The maximum absolute atomic E-state index is 13.8. The molecule has 0 radical (unpaired) electrons. The summed E-state index contributed by atoms with van der Waals surface area (Å²) in [5.74, 6) is 0.0139. The Morgan fingerprint density at radius 3 is 2.74 bits per heavy atom. The van der Waals surface area contributed by atoms with E-state index in [0.717, 1.165) is 6.20 Å². The number of nitrogens with zero attached hydrogens (tertiary/aromatic N) is 5. The summed E-state index contributed by atoms with van der Waals surface area (Å²) in [5.41, 5.74) is -1.33. The molecule has 0 aliphatic carbocycles. The molecule has 184 valence electrons. The first-order chi connectivity index (χ1) is 16.4. The second-order valence-corrected chi connectivity index (χ2v) is 9.27. The Bertz CT molecular complexity index is 1290. The third-order valence-electron chi connectivity index (χ3n) is 5.41. The molecule has 0 aromatic carbocycles. The highest BCUT2D eigenvalue weighted by molar-refractivity contribution is 5.93. The summed E-state index contributed by atoms with van der Waals surface area (Å²) in [4.78, 5) is 29.0. The van der Waals surface area contributed by atoms with Gasteiger partial charge in [-0.2, -0.15) is 18.4 Å². The van der Waals surface area contributed by atoms with Crippen molar-refractivity contribution in [3.63, 3.8) is 0 Å². The number of nitrogens with one attached hydrogen (secondary N) is 2. The minimum Gasteiger partial charge on any atom is -0.444 e. The number of carbonyl (C=O) groups excluding carboxylic acids is 1. The topological polar surface area (TPSA) is 120 Å². The van der Waals surface area contributed by atoms with Crippen LogP contribution in [0.25, 0.3) is 22.3 Å². The second-order valence-electron chi connectivity index (χ2n) is 9.27. The van der Waals surface area contributed by atoms with E-state index in [1.165, 1.54) is 18.3 Å². The molecule has 2 N–H and O–H groups in total. The number of anilines is 1. The van der Waals surface area contributed by atoms with Gasteiger partial charge in [-0.05, 0) is 45.7 Å². The van der Waals surface area contributed by atoms with Crippen LogP contribution in [0, 0.1) is 11.3 Å². The van der Waals surface area contributed by atoms with E-state index in [2.05, 4.69) is 25.3 Å². The van der Waals surface area contributed by atoms with Crippen LogP contribution >= 0.6 is 0 Å². The number of carbonyl (C=O) groups is 1. The molecule has 1 aliphatic heterocycles. The van der Waals surface area contributed by atoms with Crippen LogP contribution < -0.4 is 5.32 Å². The van der Waals surface area contributed by atoms with Crippen molar-refractivity contribution in [2.45, 2.75) is 51.4 Å². The predicted octanol–water partition coefficient (Wildman–Crippen LogP) is 4.72. The van der Waals surface area contributed by atoms with Crippen molar-refractivity contribution in [1.82, 2.24) is 24.8 Å². The molecule has 12 heteroatoms. The smallest absolute Gasteiger partial charge is 0.419 e. The molecule has 0 saturated carbocycles. The third-order valence-corrected chi connectivity index (χ3v) is 5.41. The number of alkyl halides is 3. The van der Waals surface area contributed by atoms with Gasteiger partial charge >= 0.3 is 12.3 Å². The Hall–Kier alpha value is -3.88. The molecule has 3 aromatic heterocycles. The summed E-state index contributed by atoms with van der Waals surface area (Å²) < 4.78 is 46.8. The third kappa shape index (κ3) is 5.45. The molecule has 1 fully saturated rings. The maximum Gasteiger partial charge on any atom is 0.419 e. The molecule has 4 heterocycles. The fourth-order valence-electron chi connectivity index (χ4n) is 3.90. The van der Waals surface area contributed by atoms with Gasteiger partial charge in [0.15, 0.2) is 0 Å². The van der Waals surface area contributed by atoms with Crippen molar-refractivity contribution >= 4 is 23.1 Å². The number of piperidine rings is 1. The number of hydrogen-bond acceptors (Lipinski definition) is 7. The van der Waals surface area contributed by atoms with Crippen LogP contribution in [0.1, 0.15) is 44.9 Å². The van der Waals surface area contributed by atoms with Gasteiger partial charge < -0.3 is 19.9 Å². The quantitative estimate of drug-likeness (QED) is 0.548. The lowest BCUT2D eigenvalue weighted by Gasteiger charge is -2.34. The largest absolute Gasteiger partial charge is 0.444 e. The summed E-state index contributed by atoms with van der Waals surface area (Å²) in [6, 6.07) is 4.60. The van der Waals surface area contributed by atoms with Crippen molar-refractivity contribution in [3.05, 3.63) is 35.8 Å². The highest BCUT2D eigenvalue weighted by Gasteiger charge is 2.36. The molecular formula is C23H24F3N7O2. The number of halogens is 3. The van der Waals surface area contributed by atoms with E-state index in [1.807, 2.05) is 6.07 Å². The minimum absolute atomic E-state index is 0.0139. The molecule has 1 atom stereocenters. The van der Waals surface area contributed by atoms with E-state index in [4.69, 9.17) is 10.00 Å². The van der Waals surface area contributed by atoms with Gasteiger partial charge in [-0.15, -0.1) is 0 Å². The molecular weight excluding hydrogens is 463 g/mol. The number of rotatable bonds is 3. The first-order valence-corrected chi connectivity index (χ1v) is 11.0. The molecule has 0 bridgehead atoms. The maximum atomic E-state index is 13.8. The van der Waals surface area contributed by atoms with E-state index in [0.29, 0.717) is 31.3 Å². The number of aromatic nitrogens is 4. The summed E-state index contributed by atoms with van der Waals surface area (Å²) in [6.07, 6.45) is -1.62. The Morgan fingerprint density at radius 1 is 1.29 bits per heavy atom. The van der Waals surface area contributed by atoms with Crippen LogP contribution in [0.3, 0.4) is 0 Å². The van der Waals surface area contributed by atoms with Gasteiger partial charge in [-0.3, -0.25) is 0 Å². The highest BCUT2D eigenvalue weighted by Crippen LogP contribution is 2.38. The van der Waals surface area contributed by atoms with Gasteiger partial charge in [0, 0.05) is 42.5 Å². The number of aromatic amines is 1. The molecule has 9 nitrogen and oxygen atoms in total. The van der Waals surface area contributed by atoms with E-state index in [1.54, 1.807) is 25.7 Å². The average Bonchev–Trinajstić information content (AvgIpc) is 3.20. The summed E-state index contributed by atoms with van der Waals surface area (Å²) in [7, 11) is 0. The molecule has 4 rings (SSSR count). The normalized spacial score (nSPS) is 16.7. The van der Waals surface area contributed by atoms with Gasteiger partial charge in [0.2, 0.25) is 5.95 Å². The summed E-state index contributed by atoms with van der Waals surface area (Å²) in [6.45, 7) is 6.18. The molecule has 35 heavy (non-hydrogen) atoms. The number of hydrogen-bond donors (Lipinski definition) is 2. The zero-order valence-electron chi connectivity index (χ0n) is 19.4. The molecule has 3 aromatic rings. The van der Waals surface area contributed by atoms with Crippen molar-refractivity contribution < 1.29 is 22.7 Å². The Balaban J connectivity index is 1.63. The second kappa shape index (κ2) is 9.05. The number of nitriles is 1. The van der Waals surface area contributed by atoms with Crippen molar-refractivity contribution in [2.24, 2.45) is 0 Å². The number of pyridine rings is 1. The van der Waals surface area contributed by atoms with Crippen LogP contribution in [0.5, 0.6) is 0 Å². The first-order valence-electron chi connectivity index (χ1n) is 11.0. The van der Waals surface area contributed by atoms with Gasteiger partial charge in [0.25, 0.3) is 0 Å². The molecule has 1 saturated heterocycles. The number of ether oxygens (including phenoxy) is 1.